The highest BCUT2D eigenvalue weighted by Crippen LogP contribution is 2.30. The van der Waals surface area contributed by atoms with Crippen molar-refractivity contribution >= 4 is 34.8 Å². The molecule has 2 N–H and O–H groups in total. The average Bonchev–Trinajstić information content (AvgIpc) is 3.18. The molecule has 0 spiro atoms. The van der Waals surface area contributed by atoms with E-state index in [4.69, 9.17) is 21.1 Å². The minimum Gasteiger partial charge on any atom is -0.486 e. The Bertz CT molecular complexity index is 1090. The van der Waals surface area contributed by atoms with Gasteiger partial charge in [-0.05, 0) is 35.9 Å². The summed E-state index contributed by atoms with van der Waals surface area (Å²) in [4.78, 5) is 28.9. The van der Waals surface area contributed by atoms with Gasteiger partial charge < -0.3 is 9.47 Å². The fourth-order valence-corrected chi connectivity index (χ4v) is 3.97. The van der Waals surface area contributed by atoms with Gasteiger partial charge in [-0.1, -0.05) is 23.7 Å². The third kappa shape index (κ3) is 5.08. The minimum atomic E-state index is -0.444. The quantitative estimate of drug-likeness (QED) is 0.591. The summed E-state index contributed by atoms with van der Waals surface area (Å²) < 4.78 is 10.9. The highest BCUT2D eigenvalue weighted by atomic mass is 35.5. The van der Waals surface area contributed by atoms with Gasteiger partial charge in [-0.15, -0.1) is 11.3 Å². The largest absolute Gasteiger partial charge is 0.486 e. The van der Waals surface area contributed by atoms with Crippen molar-refractivity contribution in [2.45, 2.75) is 12.8 Å². The van der Waals surface area contributed by atoms with Gasteiger partial charge >= 0.3 is 0 Å². The van der Waals surface area contributed by atoms with E-state index in [0.29, 0.717) is 47.4 Å². The van der Waals surface area contributed by atoms with Gasteiger partial charge in [0.15, 0.2) is 11.5 Å². The lowest BCUT2D eigenvalue weighted by molar-refractivity contribution is -0.121. The molecule has 7 nitrogen and oxygen atoms in total. The third-order valence-corrected chi connectivity index (χ3v) is 5.44. The first-order valence-corrected chi connectivity index (χ1v) is 10.5. The lowest BCUT2D eigenvalue weighted by Crippen LogP contribution is -2.42. The number of nitrogens with one attached hydrogen (secondary N) is 2. The molecule has 30 heavy (non-hydrogen) atoms. The first kappa shape index (κ1) is 20.2. The van der Waals surface area contributed by atoms with Crippen LogP contribution in [0.15, 0.2) is 47.8 Å². The number of hydrogen-bond acceptors (Lipinski definition) is 6. The number of carbonyl (C=O) groups is 2. The zero-order chi connectivity index (χ0) is 20.9. The van der Waals surface area contributed by atoms with E-state index < -0.39 is 5.91 Å². The molecule has 1 aromatic heterocycles. The molecular weight excluding hydrogens is 426 g/mol. The van der Waals surface area contributed by atoms with Crippen LogP contribution in [0.25, 0.3) is 0 Å². The second-order valence-corrected chi connectivity index (χ2v) is 7.96. The van der Waals surface area contributed by atoms with E-state index in [1.807, 2.05) is 29.6 Å². The van der Waals surface area contributed by atoms with E-state index in [9.17, 15) is 9.59 Å². The number of ether oxygens (including phenoxy) is 2. The van der Waals surface area contributed by atoms with Crippen LogP contribution < -0.4 is 20.3 Å². The standard InChI is InChI=1S/C21H18ClN3O4S/c22-15-3-1-2-13(8-15)9-20-23-16(12-30-20)11-19(26)24-25-21(27)14-4-5-17-18(10-14)29-7-6-28-17/h1-5,8,10,12H,6-7,9,11H2,(H,24,26)(H,25,27). The van der Waals surface area contributed by atoms with E-state index in [-0.39, 0.29) is 12.3 Å². The van der Waals surface area contributed by atoms with Crippen LogP contribution >= 0.6 is 22.9 Å². The van der Waals surface area contributed by atoms with Crippen LogP contribution in [0.2, 0.25) is 5.02 Å². The lowest BCUT2D eigenvalue weighted by Gasteiger charge is -2.18. The number of carbonyl (C=O) groups excluding carboxylic acids is 2. The number of hydrazine groups is 1. The van der Waals surface area contributed by atoms with Gasteiger partial charge in [-0.2, -0.15) is 0 Å². The molecule has 1 aliphatic rings. The van der Waals surface area contributed by atoms with Gasteiger partial charge in [0.2, 0.25) is 5.91 Å². The van der Waals surface area contributed by atoms with Crippen molar-refractivity contribution in [3.63, 3.8) is 0 Å². The van der Waals surface area contributed by atoms with Gasteiger partial charge in [0.25, 0.3) is 5.91 Å². The third-order valence-electron chi connectivity index (χ3n) is 4.31. The molecule has 0 saturated carbocycles. The Hall–Kier alpha value is -3.10. The summed E-state index contributed by atoms with van der Waals surface area (Å²) in [6.07, 6.45) is 0.709. The summed E-state index contributed by atoms with van der Waals surface area (Å²) in [7, 11) is 0. The van der Waals surface area contributed by atoms with E-state index >= 15 is 0 Å². The number of rotatable bonds is 5. The van der Waals surface area contributed by atoms with Crippen molar-refractivity contribution in [3.05, 3.63) is 74.7 Å². The van der Waals surface area contributed by atoms with Crippen LogP contribution in [0, 0.1) is 0 Å². The second-order valence-electron chi connectivity index (χ2n) is 6.58. The van der Waals surface area contributed by atoms with Gasteiger partial charge in [-0.25, -0.2) is 4.98 Å². The first-order valence-electron chi connectivity index (χ1n) is 9.23. The molecule has 0 radical (unpaired) electrons. The summed E-state index contributed by atoms with van der Waals surface area (Å²) in [5.41, 5.74) is 6.87. The minimum absolute atomic E-state index is 0.0630. The molecular formula is C21H18ClN3O4S. The molecule has 4 rings (SSSR count). The summed E-state index contributed by atoms with van der Waals surface area (Å²) in [6.45, 7) is 0.910. The van der Waals surface area contributed by atoms with E-state index in [2.05, 4.69) is 15.8 Å². The molecule has 0 aliphatic carbocycles. The molecule has 0 fully saturated rings. The molecule has 0 unspecified atom stereocenters. The second kappa shape index (κ2) is 9.15. The maximum atomic E-state index is 12.3. The molecule has 3 aromatic rings. The molecule has 2 amide bonds. The van der Waals surface area contributed by atoms with Crippen LogP contribution in [0.1, 0.15) is 26.6 Å². The van der Waals surface area contributed by atoms with Crippen molar-refractivity contribution < 1.29 is 19.1 Å². The Labute approximate surface area is 182 Å². The van der Waals surface area contributed by atoms with Gasteiger partial charge in [0.1, 0.15) is 13.2 Å². The van der Waals surface area contributed by atoms with Gasteiger partial charge in [0.05, 0.1) is 17.1 Å². The van der Waals surface area contributed by atoms with E-state index in [1.165, 1.54) is 11.3 Å². The normalized spacial score (nSPS) is 12.3. The number of hydrogen-bond donors (Lipinski definition) is 2. The lowest BCUT2D eigenvalue weighted by atomic mass is 10.2. The zero-order valence-corrected chi connectivity index (χ0v) is 17.4. The molecule has 154 valence electrons. The SMILES string of the molecule is O=C(Cc1csc(Cc2cccc(Cl)c2)n1)NNC(=O)c1ccc2c(c1)OCCO2. The predicted molar refractivity (Wildman–Crippen MR) is 113 cm³/mol. The Morgan fingerprint density at radius 3 is 2.73 bits per heavy atom. The van der Waals surface area contributed by atoms with Crippen LogP contribution in [-0.2, 0) is 17.6 Å². The highest BCUT2D eigenvalue weighted by Gasteiger charge is 2.16. The summed E-state index contributed by atoms with van der Waals surface area (Å²) >= 11 is 7.49. The Balaban J connectivity index is 1.29. The number of benzene rings is 2. The molecule has 1 aliphatic heterocycles. The molecule has 2 aromatic carbocycles. The summed E-state index contributed by atoms with van der Waals surface area (Å²) in [5.74, 6) is 0.301. The van der Waals surface area contributed by atoms with Crippen molar-refractivity contribution in [1.82, 2.24) is 15.8 Å². The Morgan fingerprint density at radius 1 is 1.07 bits per heavy atom. The smallest absolute Gasteiger partial charge is 0.269 e. The van der Waals surface area contributed by atoms with Crippen LogP contribution in [0.4, 0.5) is 0 Å². The van der Waals surface area contributed by atoms with E-state index in [1.54, 1.807) is 18.2 Å². The maximum absolute atomic E-state index is 12.3. The topological polar surface area (TPSA) is 89.6 Å². The fourth-order valence-electron chi connectivity index (χ4n) is 2.92. The number of thiazole rings is 1. The van der Waals surface area contributed by atoms with Crippen molar-refractivity contribution in [1.29, 1.82) is 0 Å². The molecule has 0 saturated heterocycles. The number of aromatic nitrogens is 1. The monoisotopic (exact) mass is 443 g/mol. The summed E-state index contributed by atoms with van der Waals surface area (Å²) in [5, 5.41) is 3.40. The maximum Gasteiger partial charge on any atom is 0.269 e. The van der Waals surface area contributed by atoms with Gasteiger partial charge in [-0.3, -0.25) is 20.4 Å². The van der Waals surface area contributed by atoms with Crippen molar-refractivity contribution in [2.24, 2.45) is 0 Å². The van der Waals surface area contributed by atoms with E-state index in [0.717, 1.165) is 10.6 Å². The molecule has 9 heteroatoms. The molecule has 2 heterocycles. The number of fused-ring (bicyclic) bond motifs is 1. The van der Waals surface area contributed by atoms with Crippen LogP contribution in [0.3, 0.4) is 0 Å². The number of nitrogens with zero attached hydrogens (tertiary/aromatic N) is 1. The Morgan fingerprint density at radius 2 is 1.90 bits per heavy atom. The molecule has 0 bridgehead atoms. The first-order chi connectivity index (χ1) is 14.6. The average molecular weight is 444 g/mol. The number of halogens is 1. The van der Waals surface area contributed by atoms with Crippen molar-refractivity contribution in [3.8, 4) is 11.5 Å². The van der Waals surface area contributed by atoms with Gasteiger partial charge in [0, 0.05) is 22.4 Å². The fraction of sp³-hybridized carbons (Fsp3) is 0.190. The highest BCUT2D eigenvalue weighted by molar-refractivity contribution is 7.09. The Kier molecular flexibility index (Phi) is 6.15. The van der Waals surface area contributed by atoms with Crippen LogP contribution in [-0.4, -0.2) is 30.0 Å². The van der Waals surface area contributed by atoms with Crippen LogP contribution in [0.5, 0.6) is 11.5 Å². The number of amides is 2. The van der Waals surface area contributed by atoms with Crippen molar-refractivity contribution in [2.75, 3.05) is 13.2 Å². The molecule has 0 atom stereocenters. The summed E-state index contributed by atoms with van der Waals surface area (Å²) in [6, 6.07) is 12.4. The zero-order valence-electron chi connectivity index (χ0n) is 15.8. The predicted octanol–water partition coefficient (Wildman–Crippen LogP) is 3.16.